The van der Waals surface area contributed by atoms with Gasteiger partial charge in [-0.25, -0.2) is 18.3 Å². The summed E-state index contributed by atoms with van der Waals surface area (Å²) >= 11 is 6.34. The second kappa shape index (κ2) is 9.28. The van der Waals surface area contributed by atoms with E-state index < -0.39 is 53.5 Å². The van der Waals surface area contributed by atoms with E-state index in [0.29, 0.717) is 16.7 Å². The third-order valence-electron chi connectivity index (χ3n) is 7.07. The molecule has 4 aromatic rings. The molecule has 3 aromatic carbocycles. The lowest BCUT2D eigenvalue weighted by molar-refractivity contribution is -0.258. The molecule has 41 heavy (non-hydrogen) atoms. The quantitative estimate of drug-likeness (QED) is 0.277. The van der Waals surface area contributed by atoms with Crippen LogP contribution in [0.25, 0.3) is 5.69 Å². The number of amides is 3. The van der Waals surface area contributed by atoms with Crippen LogP contribution in [0.15, 0.2) is 67.0 Å². The first kappa shape index (κ1) is 26.7. The smallest absolute Gasteiger partial charge is 0.375 e. The van der Waals surface area contributed by atoms with Crippen LogP contribution in [-0.2, 0) is 5.60 Å². The molecule has 6 rings (SSSR count). The summed E-state index contributed by atoms with van der Waals surface area (Å²) in [5, 5.41) is 20.0. The van der Waals surface area contributed by atoms with E-state index in [-0.39, 0.29) is 33.1 Å². The number of carbonyl (C=O) groups excluding carboxylic acids is 2. The van der Waals surface area contributed by atoms with Gasteiger partial charge in [0.25, 0.3) is 5.91 Å². The SMILES string of the molecule is O=C1N[C@@H](c2cc(F)ccc2Cl)c2c(NC(=O)N3C[C@@](O)(C(F)(F)F)c4cc(F)ccc43)ccc(-n3cccn3)c21. The fourth-order valence-corrected chi connectivity index (χ4v) is 5.41. The average Bonchev–Trinajstić information content (AvgIpc) is 3.64. The third kappa shape index (κ3) is 4.19. The largest absolute Gasteiger partial charge is 0.423 e. The molecule has 0 unspecified atom stereocenters. The van der Waals surface area contributed by atoms with Crippen LogP contribution in [-0.4, -0.2) is 39.5 Å². The van der Waals surface area contributed by atoms with Gasteiger partial charge in [-0.1, -0.05) is 11.6 Å². The monoisotopic (exact) mass is 589 g/mol. The second-order valence-corrected chi connectivity index (χ2v) is 9.89. The standard InChI is InChI=1S/C27H17ClF5N5O3/c28-17-4-2-13(29)10-15(17)23-21-18(5-7-20(22(21)24(39)36-23)38-9-1-8-34-38)35-25(40)37-12-26(41,27(31,32)33)16-11-14(30)3-6-19(16)37/h1-11,23,41H,12H2,(H,35,40)(H,36,39)/t23-,26-/m0/s1. The van der Waals surface area contributed by atoms with Crippen LogP contribution in [0, 0.1) is 11.6 Å². The fraction of sp³-hybridized carbons (Fsp3) is 0.148. The van der Waals surface area contributed by atoms with Crippen molar-refractivity contribution >= 4 is 34.9 Å². The molecule has 0 saturated carbocycles. The van der Waals surface area contributed by atoms with E-state index in [9.17, 15) is 36.6 Å². The van der Waals surface area contributed by atoms with Gasteiger partial charge >= 0.3 is 12.2 Å². The highest BCUT2D eigenvalue weighted by Crippen LogP contribution is 2.49. The number of aromatic nitrogens is 2. The molecule has 0 fully saturated rings. The highest BCUT2D eigenvalue weighted by Gasteiger charge is 2.61. The zero-order chi connectivity index (χ0) is 29.3. The number of carbonyl (C=O) groups is 2. The summed E-state index contributed by atoms with van der Waals surface area (Å²) in [6.07, 6.45) is -2.18. The van der Waals surface area contributed by atoms with E-state index in [4.69, 9.17) is 11.6 Å². The molecular weight excluding hydrogens is 573 g/mol. The van der Waals surface area contributed by atoms with E-state index in [1.54, 1.807) is 12.3 Å². The minimum absolute atomic E-state index is 0.00399. The zero-order valence-corrected chi connectivity index (χ0v) is 21.3. The highest BCUT2D eigenvalue weighted by atomic mass is 35.5. The Labute approximate surface area is 232 Å². The minimum atomic E-state index is -5.23. The molecule has 14 heteroatoms. The summed E-state index contributed by atoms with van der Waals surface area (Å²) < 4.78 is 71.2. The Bertz CT molecular complexity index is 1730. The molecular formula is C27H17ClF5N5O3. The molecule has 2 atom stereocenters. The lowest BCUT2D eigenvalue weighted by Crippen LogP contribution is -2.48. The summed E-state index contributed by atoms with van der Waals surface area (Å²) in [4.78, 5) is 27.3. The third-order valence-corrected chi connectivity index (χ3v) is 7.42. The van der Waals surface area contributed by atoms with Gasteiger partial charge < -0.3 is 15.7 Å². The number of β-amino-alcohol motifs (C(OH)–C–C–N with tert-alkyl or cyclic N) is 1. The average molecular weight is 590 g/mol. The topological polar surface area (TPSA) is 99.5 Å². The second-order valence-electron chi connectivity index (χ2n) is 9.48. The summed E-state index contributed by atoms with van der Waals surface area (Å²) in [6.45, 7) is -1.25. The molecule has 0 aliphatic carbocycles. The summed E-state index contributed by atoms with van der Waals surface area (Å²) in [5.74, 6) is -2.27. The van der Waals surface area contributed by atoms with Crippen LogP contribution in [0.3, 0.4) is 0 Å². The van der Waals surface area contributed by atoms with Crippen LogP contribution in [0.5, 0.6) is 0 Å². The van der Waals surface area contributed by atoms with Crippen LogP contribution >= 0.6 is 11.6 Å². The molecule has 1 aromatic heterocycles. The number of nitrogens with one attached hydrogen (secondary N) is 2. The first-order valence-corrected chi connectivity index (χ1v) is 12.4. The molecule has 0 spiro atoms. The summed E-state index contributed by atoms with van der Waals surface area (Å²) in [5.41, 5.74) is -4.00. The molecule has 0 bridgehead atoms. The maximum atomic E-state index is 14.2. The van der Waals surface area contributed by atoms with Crippen molar-refractivity contribution < 1.29 is 36.6 Å². The summed E-state index contributed by atoms with van der Waals surface area (Å²) in [6, 6.07) is 8.22. The first-order valence-electron chi connectivity index (χ1n) is 12.0. The van der Waals surface area contributed by atoms with Gasteiger partial charge in [-0.15, -0.1) is 0 Å². The number of aliphatic hydroxyl groups is 1. The molecule has 2 aliphatic rings. The number of nitrogens with zero attached hydrogens (tertiary/aromatic N) is 3. The Kier molecular flexibility index (Phi) is 6.05. The predicted octanol–water partition coefficient (Wildman–Crippen LogP) is 5.44. The van der Waals surface area contributed by atoms with Gasteiger partial charge in [0.05, 0.1) is 29.5 Å². The number of hydrogen-bond donors (Lipinski definition) is 3. The fourth-order valence-electron chi connectivity index (χ4n) is 5.18. The molecule has 8 nitrogen and oxygen atoms in total. The van der Waals surface area contributed by atoms with Gasteiger partial charge in [0.1, 0.15) is 11.6 Å². The van der Waals surface area contributed by atoms with Crippen LogP contribution in [0.2, 0.25) is 5.02 Å². The van der Waals surface area contributed by atoms with E-state index in [1.807, 2.05) is 0 Å². The number of alkyl halides is 3. The summed E-state index contributed by atoms with van der Waals surface area (Å²) in [7, 11) is 0. The van der Waals surface area contributed by atoms with Gasteiger partial charge in [-0.2, -0.15) is 18.3 Å². The van der Waals surface area contributed by atoms with Crippen molar-refractivity contribution in [3.05, 3.63) is 106 Å². The number of fused-ring (bicyclic) bond motifs is 2. The van der Waals surface area contributed by atoms with Crippen molar-refractivity contribution in [2.45, 2.75) is 17.8 Å². The number of benzene rings is 3. The Morgan fingerprint density at radius 2 is 1.80 bits per heavy atom. The molecule has 0 radical (unpaired) electrons. The number of rotatable bonds is 3. The van der Waals surface area contributed by atoms with Crippen molar-refractivity contribution in [1.82, 2.24) is 15.1 Å². The predicted molar refractivity (Wildman–Crippen MR) is 137 cm³/mol. The first-order chi connectivity index (χ1) is 19.4. The lowest BCUT2D eigenvalue weighted by atomic mass is 9.95. The Balaban J connectivity index is 1.46. The van der Waals surface area contributed by atoms with E-state index >= 15 is 0 Å². The number of anilines is 2. The Hall–Kier alpha value is -4.49. The minimum Gasteiger partial charge on any atom is -0.375 e. The van der Waals surface area contributed by atoms with E-state index in [0.717, 1.165) is 24.3 Å². The molecule has 2 aliphatic heterocycles. The number of urea groups is 1. The molecule has 3 amide bonds. The van der Waals surface area contributed by atoms with Crippen LogP contribution in [0.4, 0.5) is 38.1 Å². The van der Waals surface area contributed by atoms with Crippen molar-refractivity contribution in [2.24, 2.45) is 0 Å². The number of halogens is 6. The molecule has 3 heterocycles. The van der Waals surface area contributed by atoms with Gasteiger partial charge in [0.15, 0.2) is 0 Å². The normalized spacial score (nSPS) is 19.6. The molecule has 210 valence electrons. The molecule has 3 N–H and O–H groups in total. The lowest BCUT2D eigenvalue weighted by Gasteiger charge is -2.27. The Morgan fingerprint density at radius 1 is 1.10 bits per heavy atom. The van der Waals surface area contributed by atoms with Gasteiger partial charge in [-0.3, -0.25) is 9.69 Å². The van der Waals surface area contributed by atoms with Gasteiger partial charge in [0.2, 0.25) is 5.60 Å². The molecule has 0 saturated heterocycles. The van der Waals surface area contributed by atoms with E-state index in [2.05, 4.69) is 15.7 Å². The van der Waals surface area contributed by atoms with Crippen LogP contribution in [0.1, 0.15) is 33.1 Å². The Morgan fingerprint density at radius 3 is 2.51 bits per heavy atom. The maximum absolute atomic E-state index is 14.2. The van der Waals surface area contributed by atoms with Crippen molar-refractivity contribution in [1.29, 1.82) is 0 Å². The van der Waals surface area contributed by atoms with Crippen molar-refractivity contribution in [3.8, 4) is 5.69 Å². The van der Waals surface area contributed by atoms with Gasteiger partial charge in [-0.05, 0) is 54.6 Å². The zero-order valence-electron chi connectivity index (χ0n) is 20.5. The number of hydrogen-bond acceptors (Lipinski definition) is 4. The van der Waals surface area contributed by atoms with Gasteiger partial charge in [0, 0.05) is 39.8 Å². The highest BCUT2D eigenvalue weighted by molar-refractivity contribution is 6.31. The van der Waals surface area contributed by atoms with Crippen molar-refractivity contribution in [3.63, 3.8) is 0 Å². The maximum Gasteiger partial charge on any atom is 0.423 e. The van der Waals surface area contributed by atoms with E-state index in [1.165, 1.54) is 29.1 Å². The van der Waals surface area contributed by atoms with Crippen LogP contribution < -0.4 is 15.5 Å². The van der Waals surface area contributed by atoms with Crippen molar-refractivity contribution in [2.75, 3.05) is 16.8 Å².